The minimum absolute atomic E-state index is 0.0686. The Balaban J connectivity index is 2.20. The van der Waals surface area contributed by atoms with Gasteiger partial charge in [0.25, 0.3) is 0 Å². The molecule has 0 bridgehead atoms. The second-order valence-electron chi connectivity index (χ2n) is 5.24. The summed E-state index contributed by atoms with van der Waals surface area (Å²) in [5, 5.41) is 6.92. The number of piperazine rings is 1. The molecule has 6 nitrogen and oxygen atoms in total. The van der Waals surface area contributed by atoms with E-state index in [2.05, 4.69) is 10.4 Å². The number of carbonyl (C=O) groups excluding carboxylic acids is 2. The maximum atomic E-state index is 12.2. The second kappa shape index (κ2) is 4.12. The van der Waals surface area contributed by atoms with Crippen LogP contribution in [0.2, 0.25) is 0 Å². The fourth-order valence-electron chi connectivity index (χ4n) is 2.22. The molecule has 18 heavy (non-hydrogen) atoms. The van der Waals surface area contributed by atoms with Crippen molar-refractivity contribution in [2.24, 2.45) is 7.05 Å². The number of nitrogens with zero attached hydrogens (tertiary/aromatic N) is 3. The maximum Gasteiger partial charge on any atom is 0.248 e. The molecule has 98 valence electrons. The van der Waals surface area contributed by atoms with Gasteiger partial charge in [-0.1, -0.05) is 0 Å². The lowest BCUT2D eigenvalue weighted by Gasteiger charge is -2.37. The number of nitrogens with one attached hydrogen (secondary N) is 1. The van der Waals surface area contributed by atoms with Crippen molar-refractivity contribution in [1.29, 1.82) is 0 Å². The zero-order valence-electron chi connectivity index (χ0n) is 11.1. The maximum absolute atomic E-state index is 12.2. The Hall–Kier alpha value is -1.85. The first kappa shape index (κ1) is 12.6. The molecule has 0 unspecified atom stereocenters. The fraction of sp³-hybridized carbons (Fsp3) is 0.583. The van der Waals surface area contributed by atoms with Gasteiger partial charge in [-0.05, 0) is 26.8 Å². The SMILES string of the molecule is Cc1cc(CN2CC(=O)NC(C)(C)C2=O)n(C)n1. The average molecular weight is 250 g/mol. The molecule has 2 heterocycles. The Morgan fingerprint density at radius 3 is 2.67 bits per heavy atom. The highest BCUT2D eigenvalue weighted by atomic mass is 16.2. The standard InChI is InChI=1S/C12H18N4O2/c1-8-5-9(15(4)14-8)6-16-7-10(17)13-12(2,3)11(16)18/h5H,6-7H2,1-4H3,(H,13,17). The van der Waals surface area contributed by atoms with E-state index in [-0.39, 0.29) is 18.4 Å². The van der Waals surface area contributed by atoms with E-state index in [1.807, 2.05) is 20.0 Å². The molecule has 1 N–H and O–H groups in total. The van der Waals surface area contributed by atoms with Crippen LogP contribution >= 0.6 is 0 Å². The number of amides is 2. The highest BCUT2D eigenvalue weighted by molar-refractivity contribution is 5.97. The predicted molar refractivity (Wildman–Crippen MR) is 65.6 cm³/mol. The number of aromatic nitrogens is 2. The summed E-state index contributed by atoms with van der Waals surface area (Å²) in [6.07, 6.45) is 0. The van der Waals surface area contributed by atoms with E-state index < -0.39 is 5.54 Å². The minimum Gasteiger partial charge on any atom is -0.341 e. The van der Waals surface area contributed by atoms with Crippen LogP contribution in [0.15, 0.2) is 6.07 Å². The Morgan fingerprint density at radius 2 is 2.11 bits per heavy atom. The van der Waals surface area contributed by atoms with Crippen molar-refractivity contribution in [3.05, 3.63) is 17.5 Å². The van der Waals surface area contributed by atoms with E-state index >= 15 is 0 Å². The van der Waals surface area contributed by atoms with Crippen LogP contribution in [-0.4, -0.2) is 38.6 Å². The molecule has 0 atom stereocenters. The van der Waals surface area contributed by atoms with Crippen LogP contribution in [0.3, 0.4) is 0 Å². The third-order valence-corrected chi connectivity index (χ3v) is 3.06. The van der Waals surface area contributed by atoms with E-state index in [9.17, 15) is 9.59 Å². The molecule has 1 aromatic rings. The normalized spacial score (nSPS) is 19.0. The highest BCUT2D eigenvalue weighted by Gasteiger charge is 2.39. The van der Waals surface area contributed by atoms with Crippen LogP contribution < -0.4 is 5.32 Å². The summed E-state index contributed by atoms with van der Waals surface area (Å²) in [4.78, 5) is 25.3. The Bertz CT molecular complexity index is 504. The van der Waals surface area contributed by atoms with Crippen molar-refractivity contribution in [2.45, 2.75) is 32.9 Å². The van der Waals surface area contributed by atoms with Gasteiger partial charge in [0, 0.05) is 7.05 Å². The van der Waals surface area contributed by atoms with Gasteiger partial charge >= 0.3 is 0 Å². The molecular weight excluding hydrogens is 232 g/mol. The van der Waals surface area contributed by atoms with E-state index in [4.69, 9.17) is 0 Å². The van der Waals surface area contributed by atoms with Gasteiger partial charge in [-0.25, -0.2) is 0 Å². The van der Waals surface area contributed by atoms with Crippen LogP contribution in [0, 0.1) is 6.92 Å². The second-order valence-corrected chi connectivity index (χ2v) is 5.24. The number of carbonyl (C=O) groups is 2. The predicted octanol–water partition coefficient (Wildman–Crippen LogP) is -0.0345. The molecule has 1 aliphatic rings. The summed E-state index contributed by atoms with van der Waals surface area (Å²) in [6.45, 7) is 5.85. The lowest BCUT2D eigenvalue weighted by atomic mass is 10.0. The number of hydrogen-bond acceptors (Lipinski definition) is 3. The van der Waals surface area contributed by atoms with Gasteiger partial charge in [0.1, 0.15) is 12.1 Å². The Morgan fingerprint density at radius 1 is 1.44 bits per heavy atom. The van der Waals surface area contributed by atoms with E-state index in [1.54, 1.807) is 23.4 Å². The van der Waals surface area contributed by atoms with Gasteiger partial charge < -0.3 is 10.2 Å². The van der Waals surface area contributed by atoms with Gasteiger partial charge in [-0.2, -0.15) is 5.10 Å². The summed E-state index contributed by atoms with van der Waals surface area (Å²) < 4.78 is 1.74. The monoisotopic (exact) mass is 250 g/mol. The van der Waals surface area contributed by atoms with Gasteiger partial charge in [0.15, 0.2) is 0 Å². The summed E-state index contributed by atoms with van der Waals surface area (Å²) in [7, 11) is 1.84. The van der Waals surface area contributed by atoms with Crippen molar-refractivity contribution in [1.82, 2.24) is 20.0 Å². The molecule has 1 fully saturated rings. The topological polar surface area (TPSA) is 67.2 Å². The van der Waals surface area contributed by atoms with Gasteiger partial charge in [-0.3, -0.25) is 14.3 Å². The molecule has 0 spiro atoms. The quantitative estimate of drug-likeness (QED) is 0.801. The molecule has 1 aromatic heterocycles. The van der Waals surface area contributed by atoms with E-state index in [0.29, 0.717) is 6.54 Å². The summed E-state index contributed by atoms with van der Waals surface area (Å²) in [5.74, 6) is -0.195. The Kier molecular flexibility index (Phi) is 2.88. The minimum atomic E-state index is -0.830. The zero-order chi connectivity index (χ0) is 13.5. The zero-order valence-corrected chi connectivity index (χ0v) is 11.1. The first-order chi connectivity index (χ1) is 8.29. The number of hydrogen-bond donors (Lipinski definition) is 1. The first-order valence-corrected chi connectivity index (χ1v) is 5.89. The Labute approximate surface area is 106 Å². The van der Waals surface area contributed by atoms with Crippen LogP contribution in [0.4, 0.5) is 0 Å². The smallest absolute Gasteiger partial charge is 0.248 e. The molecular formula is C12H18N4O2. The van der Waals surface area contributed by atoms with Crippen molar-refractivity contribution in [2.75, 3.05) is 6.54 Å². The van der Waals surface area contributed by atoms with Crippen molar-refractivity contribution in [3.8, 4) is 0 Å². The van der Waals surface area contributed by atoms with Crippen molar-refractivity contribution < 1.29 is 9.59 Å². The largest absolute Gasteiger partial charge is 0.341 e. The van der Waals surface area contributed by atoms with E-state index in [1.165, 1.54) is 0 Å². The third kappa shape index (κ3) is 2.23. The molecule has 0 aromatic carbocycles. The van der Waals surface area contributed by atoms with Crippen LogP contribution in [0.5, 0.6) is 0 Å². The van der Waals surface area contributed by atoms with Crippen LogP contribution in [-0.2, 0) is 23.2 Å². The summed E-state index contributed by atoms with van der Waals surface area (Å²) in [6, 6.07) is 1.92. The number of aryl methyl sites for hydroxylation is 2. The van der Waals surface area contributed by atoms with Crippen molar-refractivity contribution >= 4 is 11.8 Å². The summed E-state index contributed by atoms with van der Waals surface area (Å²) >= 11 is 0. The molecule has 6 heteroatoms. The highest BCUT2D eigenvalue weighted by Crippen LogP contribution is 2.16. The lowest BCUT2D eigenvalue weighted by molar-refractivity contribution is -0.149. The van der Waals surface area contributed by atoms with E-state index in [0.717, 1.165) is 11.4 Å². The average Bonchev–Trinajstić information content (AvgIpc) is 2.52. The molecule has 1 saturated heterocycles. The molecule has 2 rings (SSSR count). The van der Waals surface area contributed by atoms with Crippen molar-refractivity contribution in [3.63, 3.8) is 0 Å². The van der Waals surface area contributed by atoms with Gasteiger partial charge in [-0.15, -0.1) is 0 Å². The lowest BCUT2D eigenvalue weighted by Crippen LogP contribution is -2.63. The molecule has 0 radical (unpaired) electrons. The molecule has 1 aliphatic heterocycles. The summed E-state index contributed by atoms with van der Waals surface area (Å²) in [5.41, 5.74) is 0.996. The van der Waals surface area contributed by atoms with Crippen LogP contribution in [0.25, 0.3) is 0 Å². The molecule has 0 aliphatic carbocycles. The molecule has 0 saturated carbocycles. The fourth-order valence-corrected chi connectivity index (χ4v) is 2.22. The van der Waals surface area contributed by atoms with Gasteiger partial charge in [0.2, 0.25) is 11.8 Å². The molecule has 2 amide bonds. The third-order valence-electron chi connectivity index (χ3n) is 3.06. The van der Waals surface area contributed by atoms with Crippen LogP contribution in [0.1, 0.15) is 25.2 Å². The first-order valence-electron chi connectivity index (χ1n) is 5.89. The van der Waals surface area contributed by atoms with Gasteiger partial charge in [0.05, 0.1) is 17.9 Å². The number of rotatable bonds is 2.